The van der Waals surface area contributed by atoms with E-state index < -0.39 is 18.0 Å². The zero-order chi connectivity index (χ0) is 26.0. The molecule has 10 nitrogen and oxygen atoms in total. The Hall–Kier alpha value is -3.43. The molecule has 3 atom stereocenters. The van der Waals surface area contributed by atoms with Crippen molar-refractivity contribution in [2.24, 2.45) is 18.9 Å². The quantitative estimate of drug-likeness (QED) is 0.569. The van der Waals surface area contributed by atoms with Gasteiger partial charge in [0.15, 0.2) is 0 Å². The van der Waals surface area contributed by atoms with Crippen LogP contribution < -0.4 is 16.0 Å². The molecule has 0 spiro atoms. The highest BCUT2D eigenvalue weighted by Gasteiger charge is 2.55. The van der Waals surface area contributed by atoms with Crippen molar-refractivity contribution < 1.29 is 14.4 Å². The van der Waals surface area contributed by atoms with Gasteiger partial charge in [0.1, 0.15) is 17.7 Å². The average molecular weight is 496 g/mol. The van der Waals surface area contributed by atoms with E-state index in [1.54, 1.807) is 37.1 Å². The number of β-lactam (4-membered cyclic amide) rings is 1. The van der Waals surface area contributed by atoms with Crippen molar-refractivity contribution in [1.82, 2.24) is 25.0 Å². The van der Waals surface area contributed by atoms with Gasteiger partial charge in [-0.2, -0.15) is 5.10 Å². The number of rotatable bonds is 7. The van der Waals surface area contributed by atoms with Gasteiger partial charge in [-0.1, -0.05) is 26.2 Å². The van der Waals surface area contributed by atoms with E-state index in [-0.39, 0.29) is 17.9 Å². The van der Waals surface area contributed by atoms with Crippen LogP contribution in [0.5, 0.6) is 0 Å². The number of likely N-dealkylation sites (tertiary alicyclic amines) is 1. The third-order valence-electron chi connectivity index (χ3n) is 7.61. The van der Waals surface area contributed by atoms with Gasteiger partial charge >= 0.3 is 6.03 Å². The molecule has 2 aromatic rings. The summed E-state index contributed by atoms with van der Waals surface area (Å²) in [7, 11) is 3.38. The van der Waals surface area contributed by atoms with Crippen LogP contribution in [0.25, 0.3) is 0 Å². The maximum atomic E-state index is 13.7. The fraction of sp³-hybridized carbons (Fsp3) is 0.577. The summed E-state index contributed by atoms with van der Waals surface area (Å²) in [5.41, 5.74) is 7.46. The molecular formula is C26H37N7O3. The normalized spacial score (nSPS) is 21.1. The molecule has 10 heteroatoms. The maximum Gasteiger partial charge on any atom is 0.325 e. The molecule has 4 rings (SSSR count). The number of likely N-dealkylation sites (N-methyl/N-ethyl adjacent to an activating group) is 1. The van der Waals surface area contributed by atoms with Crippen molar-refractivity contribution in [3.8, 4) is 0 Å². The van der Waals surface area contributed by atoms with E-state index in [2.05, 4.69) is 22.3 Å². The predicted octanol–water partition coefficient (Wildman–Crippen LogP) is 2.81. The van der Waals surface area contributed by atoms with Crippen LogP contribution >= 0.6 is 0 Å². The summed E-state index contributed by atoms with van der Waals surface area (Å²) in [6.45, 7) is 3.88. The first-order chi connectivity index (χ1) is 17.2. The summed E-state index contributed by atoms with van der Waals surface area (Å²) in [5, 5.41) is 7.23. The average Bonchev–Trinajstić information content (AvgIpc) is 3.28. The van der Waals surface area contributed by atoms with Crippen LogP contribution in [0.15, 0.2) is 24.4 Å². The number of nitrogen functional groups attached to an aromatic ring is 1. The summed E-state index contributed by atoms with van der Waals surface area (Å²) < 4.78 is 1.58. The lowest BCUT2D eigenvalue weighted by Gasteiger charge is -2.46. The van der Waals surface area contributed by atoms with Gasteiger partial charge in [-0.15, -0.1) is 0 Å². The van der Waals surface area contributed by atoms with Crippen LogP contribution in [-0.4, -0.2) is 56.6 Å². The summed E-state index contributed by atoms with van der Waals surface area (Å²) in [5.74, 6) is -0.0157. The molecule has 2 fully saturated rings. The number of carbonyl (C=O) groups excluding carboxylic acids is 3. The van der Waals surface area contributed by atoms with E-state index in [4.69, 9.17) is 5.73 Å². The highest BCUT2D eigenvalue weighted by molar-refractivity contribution is 6.12. The van der Waals surface area contributed by atoms with E-state index in [1.165, 1.54) is 11.3 Å². The molecule has 0 bridgehead atoms. The number of urea groups is 1. The molecule has 36 heavy (non-hydrogen) atoms. The number of carbonyl (C=O) groups is 3. The number of amides is 4. The van der Waals surface area contributed by atoms with Crippen LogP contribution in [-0.2, 0) is 23.1 Å². The molecule has 3 N–H and O–H groups in total. The Morgan fingerprint density at radius 2 is 1.97 bits per heavy atom. The van der Waals surface area contributed by atoms with Crippen LogP contribution in [0, 0.1) is 18.8 Å². The number of hydrogen-bond acceptors (Lipinski definition) is 6. The maximum absolute atomic E-state index is 13.7. The molecular weight excluding hydrogens is 458 g/mol. The third kappa shape index (κ3) is 5.08. The van der Waals surface area contributed by atoms with Gasteiger partial charge in [-0.3, -0.25) is 24.1 Å². The van der Waals surface area contributed by atoms with Gasteiger partial charge in [0.05, 0.1) is 12.1 Å². The molecule has 1 aliphatic heterocycles. The molecule has 4 amide bonds. The van der Waals surface area contributed by atoms with Crippen LogP contribution in [0.3, 0.4) is 0 Å². The smallest absolute Gasteiger partial charge is 0.325 e. The topological polar surface area (TPSA) is 126 Å². The van der Waals surface area contributed by atoms with E-state index in [1.807, 2.05) is 13.0 Å². The second-order valence-electron chi connectivity index (χ2n) is 10.1. The Morgan fingerprint density at radius 1 is 1.25 bits per heavy atom. The molecule has 2 aromatic heterocycles. The molecule has 0 aromatic carbocycles. The van der Waals surface area contributed by atoms with Crippen LogP contribution in [0.2, 0.25) is 0 Å². The summed E-state index contributed by atoms with van der Waals surface area (Å²) >= 11 is 0. The standard InChI is InChI=1S/C26H37N7O3/c1-5-20(18-9-7-6-8-10-18)30-26(36)33-23(25(35)31(3)22-11-12-28-32(22)4)19(24(33)34)14-17-13-16(2)29-21(27)15-17/h11-13,15,18-20,23H,5-10,14H2,1-4H3,(H2,27,29)(H,30,36)/t19-,20-,23+/m1/s1. The zero-order valence-corrected chi connectivity index (χ0v) is 21.6. The second-order valence-corrected chi connectivity index (χ2v) is 10.1. The number of imide groups is 1. The Morgan fingerprint density at radius 3 is 2.58 bits per heavy atom. The van der Waals surface area contributed by atoms with E-state index in [0.717, 1.165) is 48.3 Å². The Bertz CT molecular complexity index is 1100. The first-order valence-corrected chi connectivity index (χ1v) is 12.8. The lowest BCUT2D eigenvalue weighted by Crippen LogP contribution is -2.71. The van der Waals surface area contributed by atoms with Crippen molar-refractivity contribution in [3.05, 3.63) is 35.7 Å². The summed E-state index contributed by atoms with van der Waals surface area (Å²) in [4.78, 5) is 47.2. The summed E-state index contributed by atoms with van der Waals surface area (Å²) in [6, 6.07) is 3.87. The first kappa shape index (κ1) is 25.7. The molecule has 1 aliphatic carbocycles. The van der Waals surface area contributed by atoms with Gasteiger partial charge in [0.2, 0.25) is 5.91 Å². The van der Waals surface area contributed by atoms with E-state index in [0.29, 0.717) is 24.0 Å². The van der Waals surface area contributed by atoms with Crippen molar-refractivity contribution in [3.63, 3.8) is 0 Å². The van der Waals surface area contributed by atoms with Crippen LogP contribution in [0.4, 0.5) is 16.4 Å². The van der Waals surface area contributed by atoms with Gasteiger partial charge in [0.25, 0.3) is 5.91 Å². The largest absolute Gasteiger partial charge is 0.384 e. The number of anilines is 2. The highest BCUT2D eigenvalue weighted by atomic mass is 16.2. The third-order valence-corrected chi connectivity index (χ3v) is 7.61. The monoisotopic (exact) mass is 495 g/mol. The van der Waals surface area contributed by atoms with Crippen molar-refractivity contribution in [2.75, 3.05) is 17.7 Å². The molecule has 0 unspecified atom stereocenters. The predicted molar refractivity (Wildman–Crippen MR) is 137 cm³/mol. The Labute approximate surface area is 212 Å². The molecule has 3 heterocycles. The minimum atomic E-state index is -0.920. The van der Waals surface area contributed by atoms with Gasteiger partial charge < -0.3 is 11.1 Å². The molecule has 1 saturated heterocycles. The number of nitrogens with one attached hydrogen (secondary N) is 1. The number of nitrogens with zero attached hydrogens (tertiary/aromatic N) is 5. The molecule has 2 aliphatic rings. The van der Waals surface area contributed by atoms with Crippen molar-refractivity contribution >= 4 is 29.5 Å². The Balaban J connectivity index is 1.58. The van der Waals surface area contributed by atoms with Crippen LogP contribution in [0.1, 0.15) is 56.7 Å². The van der Waals surface area contributed by atoms with E-state index >= 15 is 0 Å². The molecule has 194 valence electrons. The van der Waals surface area contributed by atoms with Crippen molar-refractivity contribution in [1.29, 1.82) is 0 Å². The lowest BCUT2D eigenvalue weighted by molar-refractivity contribution is -0.156. The Kier molecular flexibility index (Phi) is 7.61. The molecule has 0 radical (unpaired) electrons. The zero-order valence-electron chi connectivity index (χ0n) is 21.6. The number of hydrogen-bond donors (Lipinski definition) is 2. The minimum absolute atomic E-state index is 0.0159. The number of nitrogens with two attached hydrogens (primary N) is 1. The fourth-order valence-corrected chi connectivity index (χ4v) is 5.72. The van der Waals surface area contributed by atoms with Gasteiger partial charge in [-0.25, -0.2) is 9.78 Å². The second kappa shape index (κ2) is 10.7. The summed E-state index contributed by atoms with van der Waals surface area (Å²) in [6.07, 6.45) is 8.37. The molecule has 1 saturated carbocycles. The van der Waals surface area contributed by atoms with E-state index in [9.17, 15) is 14.4 Å². The fourth-order valence-electron chi connectivity index (χ4n) is 5.72. The number of aryl methyl sites for hydroxylation is 2. The first-order valence-electron chi connectivity index (χ1n) is 12.8. The van der Waals surface area contributed by atoms with Gasteiger partial charge in [-0.05, 0) is 56.2 Å². The minimum Gasteiger partial charge on any atom is -0.384 e. The number of aromatic nitrogens is 3. The SMILES string of the molecule is CC[C@@H](NC(=O)N1C(=O)[C@H](Cc2cc(C)nc(N)c2)[C@H]1C(=O)N(C)c1ccnn1C)C1CCCCC1. The lowest BCUT2D eigenvalue weighted by atomic mass is 9.81. The highest BCUT2D eigenvalue weighted by Crippen LogP contribution is 2.34. The van der Waals surface area contributed by atoms with Gasteiger partial charge in [0, 0.05) is 31.9 Å². The van der Waals surface area contributed by atoms with Crippen molar-refractivity contribution in [2.45, 2.75) is 70.9 Å². The number of pyridine rings is 1.